The molecular formula is C29H35N3O3. The third kappa shape index (κ3) is 7.19. The number of ether oxygens (including phenoxy) is 1. The standard InChI is InChI=1S/C29H35N3O3/c1-19(2)27-14-24(15-28(33)31-17-22-7-11-26(35-4)12-8-22)20(3)13-25(27)18-32-29(34)23-9-5-21(16-30)6-10-23/h5-13,19,24-25,27H,14-15,17-18H2,1-4H3,(H,31,33)(H,32,34)/t24-,25-,27-/m0/s1. The molecule has 1 aliphatic rings. The molecule has 6 nitrogen and oxygen atoms in total. The smallest absolute Gasteiger partial charge is 0.251 e. The molecule has 0 radical (unpaired) electrons. The van der Waals surface area contributed by atoms with E-state index >= 15 is 0 Å². The number of benzene rings is 2. The lowest BCUT2D eigenvalue weighted by atomic mass is 9.69. The van der Waals surface area contributed by atoms with Gasteiger partial charge in [-0.25, -0.2) is 0 Å². The van der Waals surface area contributed by atoms with Gasteiger partial charge in [-0.2, -0.15) is 5.26 Å². The third-order valence-electron chi connectivity index (χ3n) is 6.94. The molecule has 0 heterocycles. The fraction of sp³-hybridized carbons (Fsp3) is 0.414. The molecule has 2 amide bonds. The van der Waals surface area contributed by atoms with Gasteiger partial charge in [0.1, 0.15) is 5.75 Å². The van der Waals surface area contributed by atoms with E-state index in [1.807, 2.05) is 24.3 Å². The summed E-state index contributed by atoms with van der Waals surface area (Å²) in [6.07, 6.45) is 3.63. The Bertz CT molecular complexity index is 1080. The van der Waals surface area contributed by atoms with E-state index in [1.54, 1.807) is 31.4 Å². The maximum atomic E-state index is 12.7. The summed E-state index contributed by atoms with van der Waals surface area (Å²) >= 11 is 0. The first-order chi connectivity index (χ1) is 16.8. The van der Waals surface area contributed by atoms with Crippen molar-refractivity contribution in [2.45, 2.75) is 40.2 Å². The van der Waals surface area contributed by atoms with Gasteiger partial charge < -0.3 is 15.4 Å². The van der Waals surface area contributed by atoms with Crippen LogP contribution in [0.2, 0.25) is 0 Å². The number of carbonyl (C=O) groups is 2. The summed E-state index contributed by atoms with van der Waals surface area (Å²) in [4.78, 5) is 25.3. The van der Waals surface area contributed by atoms with Crippen LogP contribution < -0.4 is 15.4 Å². The van der Waals surface area contributed by atoms with E-state index in [9.17, 15) is 9.59 Å². The number of hydrogen-bond donors (Lipinski definition) is 2. The van der Waals surface area contributed by atoms with E-state index in [2.05, 4.69) is 43.6 Å². The number of hydrogen-bond acceptors (Lipinski definition) is 4. The summed E-state index contributed by atoms with van der Waals surface area (Å²) in [7, 11) is 1.63. The van der Waals surface area contributed by atoms with Gasteiger partial charge in [0.05, 0.1) is 18.7 Å². The summed E-state index contributed by atoms with van der Waals surface area (Å²) in [6.45, 7) is 7.55. The normalized spacial score (nSPS) is 19.4. The monoisotopic (exact) mass is 473 g/mol. The number of carbonyl (C=O) groups excluding carboxylic acids is 2. The molecule has 1 aliphatic carbocycles. The average Bonchev–Trinajstić information content (AvgIpc) is 2.87. The number of methoxy groups -OCH3 is 1. The first kappa shape index (κ1) is 26.0. The molecule has 0 fully saturated rings. The Hall–Kier alpha value is -3.59. The maximum Gasteiger partial charge on any atom is 0.251 e. The molecule has 2 N–H and O–H groups in total. The third-order valence-corrected chi connectivity index (χ3v) is 6.94. The van der Waals surface area contributed by atoms with Gasteiger partial charge in [0.15, 0.2) is 0 Å². The Morgan fingerprint density at radius 1 is 1.09 bits per heavy atom. The summed E-state index contributed by atoms with van der Waals surface area (Å²) in [5, 5.41) is 15.0. The van der Waals surface area contributed by atoms with Gasteiger partial charge in [-0.1, -0.05) is 37.6 Å². The van der Waals surface area contributed by atoms with E-state index < -0.39 is 0 Å². The highest BCUT2D eigenvalue weighted by molar-refractivity contribution is 5.94. The van der Waals surface area contributed by atoms with Crippen molar-refractivity contribution >= 4 is 11.8 Å². The van der Waals surface area contributed by atoms with Crippen LogP contribution in [0.5, 0.6) is 5.75 Å². The van der Waals surface area contributed by atoms with Gasteiger partial charge >= 0.3 is 0 Å². The van der Waals surface area contributed by atoms with Gasteiger partial charge in [-0.05, 0) is 79.0 Å². The Balaban J connectivity index is 1.56. The Morgan fingerprint density at radius 3 is 2.37 bits per heavy atom. The summed E-state index contributed by atoms with van der Waals surface area (Å²) in [5.74, 6) is 1.93. The minimum Gasteiger partial charge on any atom is -0.497 e. The van der Waals surface area contributed by atoms with Crippen LogP contribution >= 0.6 is 0 Å². The maximum absolute atomic E-state index is 12.7. The number of nitriles is 1. The van der Waals surface area contributed by atoms with E-state index in [-0.39, 0.29) is 23.7 Å². The van der Waals surface area contributed by atoms with Gasteiger partial charge in [-0.3, -0.25) is 9.59 Å². The highest BCUT2D eigenvalue weighted by Crippen LogP contribution is 2.38. The fourth-order valence-electron chi connectivity index (χ4n) is 4.76. The molecule has 0 aliphatic heterocycles. The molecule has 3 atom stereocenters. The molecule has 0 aromatic heterocycles. The van der Waals surface area contributed by atoms with Crippen LogP contribution in [0.15, 0.2) is 60.2 Å². The van der Waals surface area contributed by atoms with Gasteiger partial charge in [-0.15, -0.1) is 0 Å². The second kappa shape index (κ2) is 12.2. The Morgan fingerprint density at radius 2 is 1.77 bits per heavy atom. The lowest BCUT2D eigenvalue weighted by molar-refractivity contribution is -0.122. The van der Waals surface area contributed by atoms with Crippen LogP contribution in [0.25, 0.3) is 0 Å². The Labute approximate surface area is 208 Å². The Kier molecular flexibility index (Phi) is 9.08. The van der Waals surface area contributed by atoms with Gasteiger partial charge in [0.25, 0.3) is 5.91 Å². The lowest BCUT2D eigenvalue weighted by Gasteiger charge is -2.37. The SMILES string of the molecule is COc1ccc(CNC(=O)C[C@@H]2C[C@@H](C(C)C)[C@H](CNC(=O)c3ccc(C#N)cc3)C=C2C)cc1. The van der Waals surface area contributed by atoms with Gasteiger partial charge in [0.2, 0.25) is 5.91 Å². The van der Waals surface area contributed by atoms with Crippen molar-refractivity contribution in [3.05, 3.63) is 76.9 Å². The van der Waals surface area contributed by atoms with Crippen molar-refractivity contribution in [3.63, 3.8) is 0 Å². The predicted octanol–water partition coefficient (Wildman–Crippen LogP) is 4.86. The predicted molar refractivity (Wildman–Crippen MR) is 137 cm³/mol. The number of nitrogens with zero attached hydrogens (tertiary/aromatic N) is 1. The van der Waals surface area contributed by atoms with Crippen molar-refractivity contribution in [1.29, 1.82) is 5.26 Å². The average molecular weight is 474 g/mol. The van der Waals surface area contributed by atoms with Crippen molar-refractivity contribution in [1.82, 2.24) is 10.6 Å². The van der Waals surface area contributed by atoms with Crippen molar-refractivity contribution in [3.8, 4) is 11.8 Å². The van der Waals surface area contributed by atoms with Gasteiger partial charge in [0, 0.05) is 25.1 Å². The molecule has 0 saturated heterocycles. The molecule has 2 aromatic carbocycles. The quantitative estimate of drug-likeness (QED) is 0.509. The van der Waals surface area contributed by atoms with Crippen LogP contribution in [-0.2, 0) is 11.3 Å². The second-order valence-corrected chi connectivity index (χ2v) is 9.64. The minimum atomic E-state index is -0.136. The molecule has 0 bridgehead atoms. The molecule has 0 unspecified atom stereocenters. The van der Waals surface area contributed by atoms with Crippen LogP contribution in [0.3, 0.4) is 0 Å². The first-order valence-electron chi connectivity index (χ1n) is 12.2. The zero-order valence-electron chi connectivity index (χ0n) is 21.0. The molecular weight excluding hydrogens is 438 g/mol. The summed E-state index contributed by atoms with van der Waals surface area (Å²) in [5.41, 5.74) is 3.33. The van der Waals surface area contributed by atoms with E-state index in [4.69, 9.17) is 10.00 Å². The first-order valence-corrected chi connectivity index (χ1v) is 12.2. The van der Waals surface area contributed by atoms with Crippen LogP contribution in [0.1, 0.15) is 55.1 Å². The van der Waals surface area contributed by atoms with Crippen LogP contribution in [-0.4, -0.2) is 25.5 Å². The number of allylic oxidation sites excluding steroid dienone is 1. The van der Waals surface area contributed by atoms with E-state index in [1.165, 1.54) is 5.57 Å². The highest BCUT2D eigenvalue weighted by atomic mass is 16.5. The zero-order chi connectivity index (χ0) is 25.4. The second-order valence-electron chi connectivity index (χ2n) is 9.64. The highest BCUT2D eigenvalue weighted by Gasteiger charge is 2.32. The molecule has 6 heteroatoms. The molecule has 0 spiro atoms. The van der Waals surface area contributed by atoms with Crippen molar-refractivity contribution < 1.29 is 14.3 Å². The van der Waals surface area contributed by atoms with Crippen LogP contribution in [0, 0.1) is 35.0 Å². The largest absolute Gasteiger partial charge is 0.497 e. The fourth-order valence-corrected chi connectivity index (χ4v) is 4.76. The zero-order valence-corrected chi connectivity index (χ0v) is 21.0. The molecule has 184 valence electrons. The lowest BCUT2D eigenvalue weighted by Crippen LogP contribution is -2.37. The summed E-state index contributed by atoms with van der Waals surface area (Å²) < 4.78 is 5.18. The number of amides is 2. The molecule has 3 rings (SSSR count). The van der Waals surface area contributed by atoms with E-state index in [0.717, 1.165) is 17.7 Å². The van der Waals surface area contributed by atoms with Crippen LogP contribution in [0.4, 0.5) is 0 Å². The molecule has 35 heavy (non-hydrogen) atoms. The number of rotatable bonds is 9. The van der Waals surface area contributed by atoms with E-state index in [0.29, 0.717) is 42.5 Å². The summed E-state index contributed by atoms with van der Waals surface area (Å²) in [6, 6.07) is 16.4. The molecule has 2 aromatic rings. The minimum absolute atomic E-state index is 0.0497. The number of nitrogens with one attached hydrogen (secondary N) is 2. The topological polar surface area (TPSA) is 91.2 Å². The van der Waals surface area contributed by atoms with Crippen molar-refractivity contribution in [2.24, 2.45) is 23.7 Å². The molecule has 0 saturated carbocycles. The van der Waals surface area contributed by atoms with Crippen molar-refractivity contribution in [2.75, 3.05) is 13.7 Å².